The number of ether oxygens (including phenoxy) is 1. The van der Waals surface area contributed by atoms with E-state index in [9.17, 15) is 13.2 Å². The Morgan fingerprint density at radius 1 is 1.00 bits per heavy atom. The molecule has 0 saturated carbocycles. The standard InChI is InChI=1S/C26H30N2O4S2/c1-18(2)20-14-15-23(32-3)25(17-20)34(30,31)28-22(16-19-10-6-5-7-11-19)26(29)27-21-12-8-9-13-24(21)33-4/h5-15,17-18,22,28H,16H2,1-4H3,(H,27,29). The highest BCUT2D eigenvalue weighted by atomic mass is 32.2. The molecule has 0 aliphatic carbocycles. The minimum absolute atomic E-state index is 0.0107. The number of sulfonamides is 1. The fourth-order valence-electron chi connectivity index (χ4n) is 3.52. The second-order valence-corrected chi connectivity index (χ2v) is 10.6. The van der Waals surface area contributed by atoms with Gasteiger partial charge in [-0.2, -0.15) is 4.72 Å². The largest absolute Gasteiger partial charge is 0.495 e. The van der Waals surface area contributed by atoms with Crippen molar-refractivity contribution < 1.29 is 17.9 Å². The lowest BCUT2D eigenvalue weighted by molar-refractivity contribution is -0.117. The molecule has 8 heteroatoms. The number of benzene rings is 3. The summed E-state index contributed by atoms with van der Waals surface area (Å²) < 4.78 is 34.9. The summed E-state index contributed by atoms with van der Waals surface area (Å²) in [4.78, 5) is 14.2. The van der Waals surface area contributed by atoms with Crippen LogP contribution in [0.3, 0.4) is 0 Å². The molecule has 0 fully saturated rings. The molecule has 180 valence electrons. The van der Waals surface area contributed by atoms with Gasteiger partial charge in [0.05, 0.1) is 12.8 Å². The zero-order valence-corrected chi connectivity index (χ0v) is 21.4. The van der Waals surface area contributed by atoms with Gasteiger partial charge in [-0.15, -0.1) is 11.8 Å². The number of hydrogen-bond donors (Lipinski definition) is 2. The molecule has 1 unspecified atom stereocenters. The first-order valence-electron chi connectivity index (χ1n) is 10.9. The number of para-hydroxylation sites is 1. The van der Waals surface area contributed by atoms with Gasteiger partial charge in [-0.1, -0.05) is 62.4 Å². The maximum absolute atomic E-state index is 13.5. The van der Waals surface area contributed by atoms with Gasteiger partial charge >= 0.3 is 0 Å². The molecule has 0 bridgehead atoms. The van der Waals surface area contributed by atoms with Crippen LogP contribution in [0.25, 0.3) is 0 Å². The van der Waals surface area contributed by atoms with Crippen LogP contribution in [-0.2, 0) is 21.2 Å². The zero-order chi connectivity index (χ0) is 24.7. The second-order valence-electron chi connectivity index (χ2n) is 8.12. The van der Waals surface area contributed by atoms with Crippen molar-refractivity contribution in [3.8, 4) is 5.75 Å². The number of rotatable bonds is 10. The number of carbonyl (C=O) groups is 1. The quantitative estimate of drug-likeness (QED) is 0.381. The maximum atomic E-state index is 13.5. The maximum Gasteiger partial charge on any atom is 0.245 e. The molecule has 6 nitrogen and oxygen atoms in total. The van der Waals surface area contributed by atoms with Crippen LogP contribution in [0.4, 0.5) is 5.69 Å². The van der Waals surface area contributed by atoms with Gasteiger partial charge < -0.3 is 10.1 Å². The Morgan fingerprint density at radius 2 is 1.68 bits per heavy atom. The summed E-state index contributed by atoms with van der Waals surface area (Å²) in [5, 5.41) is 2.90. The summed E-state index contributed by atoms with van der Waals surface area (Å²) in [7, 11) is -2.64. The Hall–Kier alpha value is -2.81. The lowest BCUT2D eigenvalue weighted by atomic mass is 10.0. The SMILES string of the molecule is COc1ccc(C(C)C)cc1S(=O)(=O)NC(Cc1ccccc1)C(=O)Nc1ccccc1SC. The third-order valence-electron chi connectivity index (χ3n) is 5.41. The second kappa shape index (κ2) is 11.6. The molecule has 0 aliphatic rings. The average molecular weight is 499 g/mol. The molecule has 0 radical (unpaired) electrons. The number of hydrogen-bond acceptors (Lipinski definition) is 5. The first-order chi connectivity index (χ1) is 16.2. The number of anilines is 1. The van der Waals surface area contributed by atoms with Crippen LogP contribution in [0.1, 0.15) is 30.9 Å². The van der Waals surface area contributed by atoms with Crippen LogP contribution in [-0.4, -0.2) is 33.7 Å². The van der Waals surface area contributed by atoms with Gasteiger partial charge in [-0.3, -0.25) is 4.79 Å². The first kappa shape index (κ1) is 25.8. The topological polar surface area (TPSA) is 84.5 Å². The summed E-state index contributed by atoms with van der Waals surface area (Å²) in [6.45, 7) is 3.97. The molecule has 0 spiro atoms. The molecule has 3 aromatic rings. The van der Waals surface area contributed by atoms with Crippen molar-refractivity contribution in [2.45, 2.75) is 42.0 Å². The molecule has 1 atom stereocenters. The molecule has 0 heterocycles. The summed E-state index contributed by atoms with van der Waals surface area (Å²) in [5.74, 6) is -0.0808. The van der Waals surface area contributed by atoms with Crippen molar-refractivity contribution >= 4 is 33.4 Å². The van der Waals surface area contributed by atoms with E-state index in [1.54, 1.807) is 18.2 Å². The third-order valence-corrected chi connectivity index (χ3v) is 7.69. The number of nitrogens with one attached hydrogen (secondary N) is 2. The van der Waals surface area contributed by atoms with Crippen molar-refractivity contribution in [3.05, 3.63) is 83.9 Å². The van der Waals surface area contributed by atoms with Gasteiger partial charge in [0.2, 0.25) is 15.9 Å². The van der Waals surface area contributed by atoms with E-state index in [0.29, 0.717) is 5.69 Å². The highest BCUT2D eigenvalue weighted by molar-refractivity contribution is 7.98. The van der Waals surface area contributed by atoms with Crippen molar-refractivity contribution in [3.63, 3.8) is 0 Å². The lowest BCUT2D eigenvalue weighted by Crippen LogP contribution is -2.45. The monoisotopic (exact) mass is 498 g/mol. The van der Waals surface area contributed by atoms with Crippen LogP contribution in [0.5, 0.6) is 5.75 Å². The van der Waals surface area contributed by atoms with Crippen LogP contribution >= 0.6 is 11.8 Å². The van der Waals surface area contributed by atoms with E-state index in [1.165, 1.54) is 18.9 Å². The number of carbonyl (C=O) groups excluding carboxylic acids is 1. The number of thioether (sulfide) groups is 1. The van der Waals surface area contributed by atoms with E-state index in [0.717, 1.165) is 16.0 Å². The van der Waals surface area contributed by atoms with Gasteiger partial charge in [-0.05, 0) is 54.0 Å². The predicted molar refractivity (Wildman–Crippen MR) is 138 cm³/mol. The molecule has 0 aliphatic heterocycles. The van der Waals surface area contributed by atoms with Crippen LogP contribution in [0.15, 0.2) is 82.6 Å². The molecular weight excluding hydrogens is 468 g/mol. The first-order valence-corrected chi connectivity index (χ1v) is 13.6. The van der Waals surface area contributed by atoms with E-state index >= 15 is 0 Å². The summed E-state index contributed by atoms with van der Waals surface area (Å²) in [6, 6.07) is 20.8. The van der Waals surface area contributed by atoms with Crippen LogP contribution in [0.2, 0.25) is 0 Å². The van der Waals surface area contributed by atoms with E-state index < -0.39 is 22.0 Å². The smallest absolute Gasteiger partial charge is 0.245 e. The lowest BCUT2D eigenvalue weighted by Gasteiger charge is -2.21. The highest BCUT2D eigenvalue weighted by Crippen LogP contribution is 2.29. The van der Waals surface area contributed by atoms with Gasteiger partial charge in [0.1, 0.15) is 16.7 Å². The Bertz CT molecular complexity index is 1230. The van der Waals surface area contributed by atoms with E-state index in [1.807, 2.05) is 74.7 Å². The molecule has 3 rings (SSSR count). The van der Waals surface area contributed by atoms with E-state index in [2.05, 4.69) is 10.0 Å². The third kappa shape index (κ3) is 6.40. The molecule has 2 N–H and O–H groups in total. The minimum Gasteiger partial charge on any atom is -0.495 e. The molecule has 0 aromatic heterocycles. The average Bonchev–Trinajstić information content (AvgIpc) is 2.84. The van der Waals surface area contributed by atoms with E-state index in [4.69, 9.17) is 4.74 Å². The van der Waals surface area contributed by atoms with Crippen molar-refractivity contribution in [2.24, 2.45) is 0 Å². The molecule has 0 saturated heterocycles. The number of methoxy groups -OCH3 is 1. The van der Waals surface area contributed by atoms with Gasteiger partial charge in [0, 0.05) is 4.90 Å². The predicted octanol–water partition coefficient (Wildman–Crippen LogP) is 5.07. The Kier molecular flexibility index (Phi) is 8.77. The highest BCUT2D eigenvalue weighted by Gasteiger charge is 2.29. The fraction of sp³-hybridized carbons (Fsp3) is 0.269. The van der Waals surface area contributed by atoms with Gasteiger partial charge in [0.25, 0.3) is 0 Å². The molecule has 1 amide bonds. The fourth-order valence-corrected chi connectivity index (χ4v) is 5.47. The Labute approximate surface area is 206 Å². The van der Waals surface area contributed by atoms with E-state index in [-0.39, 0.29) is 23.0 Å². The van der Waals surface area contributed by atoms with Gasteiger partial charge in [0.15, 0.2) is 0 Å². The number of amides is 1. The molecular formula is C26H30N2O4S2. The van der Waals surface area contributed by atoms with Crippen LogP contribution in [0, 0.1) is 0 Å². The van der Waals surface area contributed by atoms with Crippen molar-refractivity contribution in [1.29, 1.82) is 0 Å². The Morgan fingerprint density at radius 3 is 2.32 bits per heavy atom. The molecule has 3 aromatic carbocycles. The van der Waals surface area contributed by atoms with Crippen LogP contribution < -0.4 is 14.8 Å². The molecule has 34 heavy (non-hydrogen) atoms. The summed E-state index contributed by atoms with van der Waals surface area (Å²) in [5.41, 5.74) is 2.34. The summed E-state index contributed by atoms with van der Waals surface area (Å²) in [6.07, 6.45) is 2.11. The zero-order valence-electron chi connectivity index (χ0n) is 19.7. The Balaban J connectivity index is 1.96. The van der Waals surface area contributed by atoms with Gasteiger partial charge in [-0.25, -0.2) is 8.42 Å². The van der Waals surface area contributed by atoms with Crippen molar-refractivity contribution in [1.82, 2.24) is 4.72 Å². The normalized spacial score (nSPS) is 12.4. The summed E-state index contributed by atoms with van der Waals surface area (Å²) >= 11 is 1.50. The minimum atomic E-state index is -4.07. The van der Waals surface area contributed by atoms with Crippen molar-refractivity contribution in [2.75, 3.05) is 18.7 Å².